The SMILES string of the molecule is CNC(=O)C1CCCN(c2cc(Cl)nc(C)n2)C1. The summed E-state index contributed by atoms with van der Waals surface area (Å²) >= 11 is 5.94. The molecule has 1 aromatic rings. The minimum absolute atomic E-state index is 0.0257. The number of hydrogen-bond donors (Lipinski definition) is 1. The first-order valence-electron chi connectivity index (χ1n) is 6.08. The molecule has 1 aliphatic heterocycles. The highest BCUT2D eigenvalue weighted by molar-refractivity contribution is 6.29. The maximum Gasteiger partial charge on any atom is 0.224 e. The summed E-state index contributed by atoms with van der Waals surface area (Å²) in [6.45, 7) is 3.41. The number of rotatable bonds is 2. The molecule has 6 heteroatoms. The molecule has 1 aromatic heterocycles. The van der Waals surface area contributed by atoms with Crippen LogP contribution < -0.4 is 10.2 Å². The van der Waals surface area contributed by atoms with Crippen LogP contribution in [0.25, 0.3) is 0 Å². The molecule has 18 heavy (non-hydrogen) atoms. The summed E-state index contributed by atoms with van der Waals surface area (Å²) in [5.41, 5.74) is 0. The molecular formula is C12H17ClN4O. The Labute approximate surface area is 112 Å². The lowest BCUT2D eigenvalue weighted by Crippen LogP contribution is -2.42. The van der Waals surface area contributed by atoms with Crippen molar-refractivity contribution in [1.29, 1.82) is 0 Å². The topological polar surface area (TPSA) is 58.1 Å². The van der Waals surface area contributed by atoms with Gasteiger partial charge < -0.3 is 10.2 Å². The normalized spacial score (nSPS) is 19.7. The number of carbonyl (C=O) groups is 1. The number of amides is 1. The van der Waals surface area contributed by atoms with Crippen molar-refractivity contribution in [3.63, 3.8) is 0 Å². The van der Waals surface area contributed by atoms with E-state index < -0.39 is 0 Å². The molecule has 0 bridgehead atoms. The van der Waals surface area contributed by atoms with Crippen LogP contribution in [-0.4, -0.2) is 36.0 Å². The van der Waals surface area contributed by atoms with Gasteiger partial charge in [-0.25, -0.2) is 9.97 Å². The molecule has 0 aliphatic carbocycles. The third-order valence-electron chi connectivity index (χ3n) is 3.16. The summed E-state index contributed by atoms with van der Waals surface area (Å²) in [5.74, 6) is 1.58. The lowest BCUT2D eigenvalue weighted by atomic mass is 9.97. The van der Waals surface area contributed by atoms with Gasteiger partial charge in [0.25, 0.3) is 0 Å². The molecule has 1 fully saturated rings. The standard InChI is InChI=1S/C12H17ClN4O/c1-8-15-10(13)6-11(16-8)17-5-3-4-9(7-17)12(18)14-2/h6,9H,3-5,7H2,1-2H3,(H,14,18). The van der Waals surface area contributed by atoms with E-state index in [-0.39, 0.29) is 11.8 Å². The van der Waals surface area contributed by atoms with E-state index >= 15 is 0 Å². The van der Waals surface area contributed by atoms with Crippen molar-refractivity contribution in [2.75, 3.05) is 25.0 Å². The molecule has 98 valence electrons. The molecule has 2 rings (SSSR count). The summed E-state index contributed by atoms with van der Waals surface area (Å²) in [4.78, 5) is 22.2. The predicted molar refractivity (Wildman–Crippen MR) is 70.8 cm³/mol. The van der Waals surface area contributed by atoms with E-state index in [1.54, 1.807) is 13.1 Å². The zero-order valence-electron chi connectivity index (χ0n) is 10.6. The smallest absolute Gasteiger partial charge is 0.224 e. The summed E-state index contributed by atoms with van der Waals surface area (Å²) in [7, 11) is 1.67. The van der Waals surface area contributed by atoms with Crippen molar-refractivity contribution >= 4 is 23.3 Å². The Balaban J connectivity index is 2.15. The van der Waals surface area contributed by atoms with Crippen LogP contribution in [0.5, 0.6) is 0 Å². The first-order valence-corrected chi connectivity index (χ1v) is 6.45. The van der Waals surface area contributed by atoms with Gasteiger partial charge in [0.05, 0.1) is 5.92 Å². The number of anilines is 1. The van der Waals surface area contributed by atoms with Crippen LogP contribution in [0.1, 0.15) is 18.7 Å². The van der Waals surface area contributed by atoms with E-state index in [4.69, 9.17) is 11.6 Å². The van der Waals surface area contributed by atoms with Gasteiger partial charge in [-0.15, -0.1) is 0 Å². The van der Waals surface area contributed by atoms with Crippen LogP contribution in [-0.2, 0) is 4.79 Å². The Morgan fingerprint density at radius 3 is 3.00 bits per heavy atom. The minimum Gasteiger partial charge on any atom is -0.359 e. The molecule has 1 aliphatic rings. The Morgan fingerprint density at radius 2 is 2.33 bits per heavy atom. The summed E-state index contributed by atoms with van der Waals surface area (Å²) in [6.07, 6.45) is 1.91. The highest BCUT2D eigenvalue weighted by atomic mass is 35.5. The number of nitrogens with zero attached hydrogens (tertiary/aromatic N) is 3. The second kappa shape index (κ2) is 5.52. The first kappa shape index (κ1) is 13.1. The number of halogens is 1. The molecule has 1 atom stereocenters. The maximum absolute atomic E-state index is 11.7. The van der Waals surface area contributed by atoms with Gasteiger partial charge >= 0.3 is 0 Å². The zero-order chi connectivity index (χ0) is 13.1. The largest absolute Gasteiger partial charge is 0.359 e. The third-order valence-corrected chi connectivity index (χ3v) is 3.35. The molecule has 1 saturated heterocycles. The number of carbonyl (C=O) groups excluding carboxylic acids is 1. The van der Waals surface area contributed by atoms with Crippen molar-refractivity contribution in [2.45, 2.75) is 19.8 Å². The van der Waals surface area contributed by atoms with E-state index in [1.807, 2.05) is 6.92 Å². The molecule has 0 saturated carbocycles. The summed E-state index contributed by atoms with van der Waals surface area (Å²) < 4.78 is 0. The number of nitrogens with one attached hydrogen (secondary N) is 1. The molecule has 5 nitrogen and oxygen atoms in total. The molecule has 1 amide bonds. The number of hydrogen-bond acceptors (Lipinski definition) is 4. The van der Waals surface area contributed by atoms with E-state index in [2.05, 4.69) is 20.2 Å². The molecule has 1 unspecified atom stereocenters. The van der Waals surface area contributed by atoms with E-state index in [0.29, 0.717) is 17.5 Å². The van der Waals surface area contributed by atoms with Crippen molar-refractivity contribution < 1.29 is 4.79 Å². The Hall–Kier alpha value is -1.36. The molecule has 1 N–H and O–H groups in total. The zero-order valence-corrected chi connectivity index (χ0v) is 11.4. The lowest BCUT2D eigenvalue weighted by molar-refractivity contribution is -0.124. The number of aryl methyl sites for hydroxylation is 1. The fourth-order valence-corrected chi connectivity index (χ4v) is 2.50. The molecule has 0 radical (unpaired) electrons. The maximum atomic E-state index is 11.7. The van der Waals surface area contributed by atoms with Gasteiger partial charge in [-0.05, 0) is 19.8 Å². The quantitative estimate of drug-likeness (QED) is 0.824. The van der Waals surface area contributed by atoms with E-state index in [9.17, 15) is 4.79 Å². The van der Waals surface area contributed by atoms with Gasteiger partial charge in [-0.3, -0.25) is 4.79 Å². The summed E-state index contributed by atoms with van der Waals surface area (Å²) in [6, 6.07) is 1.75. The van der Waals surface area contributed by atoms with Gasteiger partial charge in [-0.2, -0.15) is 0 Å². The monoisotopic (exact) mass is 268 g/mol. The van der Waals surface area contributed by atoms with Crippen LogP contribution in [0.4, 0.5) is 5.82 Å². The Kier molecular flexibility index (Phi) is 4.01. The van der Waals surface area contributed by atoms with Gasteiger partial charge in [0, 0.05) is 26.2 Å². The van der Waals surface area contributed by atoms with Crippen molar-refractivity contribution in [2.24, 2.45) is 5.92 Å². The lowest BCUT2D eigenvalue weighted by Gasteiger charge is -2.32. The fourth-order valence-electron chi connectivity index (χ4n) is 2.28. The van der Waals surface area contributed by atoms with Crippen LogP contribution in [0.15, 0.2) is 6.07 Å². The molecule has 2 heterocycles. The minimum atomic E-state index is 0.0257. The summed E-state index contributed by atoms with van der Waals surface area (Å²) in [5, 5.41) is 3.15. The van der Waals surface area contributed by atoms with E-state index in [0.717, 1.165) is 25.2 Å². The molecule has 0 aromatic carbocycles. The average Bonchev–Trinajstić information content (AvgIpc) is 2.37. The first-order chi connectivity index (χ1) is 8.60. The van der Waals surface area contributed by atoms with Crippen molar-refractivity contribution in [1.82, 2.24) is 15.3 Å². The number of piperidine rings is 1. The Bertz CT molecular complexity index is 431. The van der Waals surface area contributed by atoms with Crippen LogP contribution in [0.2, 0.25) is 5.15 Å². The fraction of sp³-hybridized carbons (Fsp3) is 0.583. The van der Waals surface area contributed by atoms with Crippen molar-refractivity contribution in [3.8, 4) is 0 Å². The third kappa shape index (κ3) is 2.90. The van der Waals surface area contributed by atoms with E-state index in [1.165, 1.54) is 0 Å². The number of aromatic nitrogens is 2. The van der Waals surface area contributed by atoms with Gasteiger partial charge in [0.1, 0.15) is 16.8 Å². The molecular weight excluding hydrogens is 252 g/mol. The van der Waals surface area contributed by atoms with Crippen LogP contribution in [0, 0.1) is 12.8 Å². The second-order valence-corrected chi connectivity index (χ2v) is 4.88. The Morgan fingerprint density at radius 1 is 1.56 bits per heavy atom. The molecule has 0 spiro atoms. The van der Waals surface area contributed by atoms with Crippen LogP contribution >= 0.6 is 11.6 Å². The average molecular weight is 269 g/mol. The van der Waals surface area contributed by atoms with Crippen molar-refractivity contribution in [3.05, 3.63) is 17.0 Å². The highest BCUT2D eigenvalue weighted by Crippen LogP contribution is 2.23. The second-order valence-electron chi connectivity index (χ2n) is 4.50. The van der Waals surface area contributed by atoms with Gasteiger partial charge in [0.2, 0.25) is 5.91 Å². The predicted octanol–water partition coefficient (Wildman–Crippen LogP) is 1.40. The highest BCUT2D eigenvalue weighted by Gasteiger charge is 2.26. The van der Waals surface area contributed by atoms with Crippen LogP contribution in [0.3, 0.4) is 0 Å². The van der Waals surface area contributed by atoms with Gasteiger partial charge in [0.15, 0.2) is 0 Å². The van der Waals surface area contributed by atoms with Gasteiger partial charge in [-0.1, -0.05) is 11.6 Å².